The number of benzene rings is 2. The lowest BCUT2D eigenvalue weighted by Gasteiger charge is -2.09. The molecule has 2 heterocycles. The maximum atomic E-state index is 12.8. The molecule has 0 fully saturated rings. The number of nitrogens with zero attached hydrogens (tertiary/aromatic N) is 3. The molecule has 0 saturated carbocycles. The van der Waals surface area contributed by atoms with Gasteiger partial charge in [-0.2, -0.15) is 0 Å². The average Bonchev–Trinajstić information content (AvgIpc) is 2.82. The van der Waals surface area contributed by atoms with E-state index in [1.807, 2.05) is 12.1 Å². The van der Waals surface area contributed by atoms with E-state index in [4.69, 9.17) is 4.74 Å². The molecule has 0 aliphatic carbocycles. The molecule has 0 spiro atoms. The van der Waals surface area contributed by atoms with E-state index < -0.39 is 23.3 Å². The summed E-state index contributed by atoms with van der Waals surface area (Å²) in [5.74, 6) is -1.14. The molecule has 31 heavy (non-hydrogen) atoms. The molecule has 0 N–H and O–H groups in total. The van der Waals surface area contributed by atoms with Crippen molar-refractivity contribution >= 4 is 28.3 Å². The van der Waals surface area contributed by atoms with Gasteiger partial charge >= 0.3 is 5.97 Å². The minimum Gasteiger partial charge on any atom is -0.454 e. The molecule has 0 unspecified atom stereocenters. The molecule has 0 bridgehead atoms. The minimum atomic E-state index is -0.675. The zero-order chi connectivity index (χ0) is 21.8. The number of pyridine rings is 2. The predicted octanol–water partition coefficient (Wildman–Crippen LogP) is 4.24. The van der Waals surface area contributed by atoms with Crippen LogP contribution in [-0.2, 0) is 4.74 Å². The Balaban J connectivity index is 1.58. The number of hydrogen-bond acceptors (Lipinski definition) is 7. The number of hydrogen-bond donors (Lipinski definition) is 0. The second kappa shape index (κ2) is 8.50. The SMILES string of the molecule is O=C(COC(=O)c1cc(-c2ccccn2)nc2ccccc12)c1ccc([N+](=O)[O-])cc1. The highest BCUT2D eigenvalue weighted by atomic mass is 16.6. The maximum absolute atomic E-state index is 12.8. The molecule has 0 radical (unpaired) electrons. The fraction of sp³-hybridized carbons (Fsp3) is 0.0435. The molecular formula is C23H15N3O5. The summed E-state index contributed by atoms with van der Waals surface area (Å²) in [6.07, 6.45) is 1.63. The number of non-ortho nitro benzene ring substituents is 1. The number of nitro groups is 1. The molecule has 4 rings (SSSR count). The van der Waals surface area contributed by atoms with E-state index in [1.54, 1.807) is 42.6 Å². The van der Waals surface area contributed by atoms with Crippen LogP contribution in [0.4, 0.5) is 5.69 Å². The Morgan fingerprint density at radius 2 is 1.68 bits per heavy atom. The first-order chi connectivity index (χ1) is 15.0. The Kier molecular flexibility index (Phi) is 5.44. The van der Waals surface area contributed by atoms with Gasteiger partial charge in [-0.15, -0.1) is 0 Å². The second-order valence-corrected chi connectivity index (χ2v) is 6.59. The quantitative estimate of drug-likeness (QED) is 0.201. The number of fused-ring (bicyclic) bond motifs is 1. The van der Waals surface area contributed by atoms with Crippen molar-refractivity contribution in [3.63, 3.8) is 0 Å². The van der Waals surface area contributed by atoms with Crippen molar-refractivity contribution < 1.29 is 19.2 Å². The predicted molar refractivity (Wildman–Crippen MR) is 113 cm³/mol. The molecule has 0 amide bonds. The fourth-order valence-electron chi connectivity index (χ4n) is 3.05. The van der Waals surface area contributed by atoms with E-state index in [0.717, 1.165) is 0 Å². The number of para-hydroxylation sites is 1. The maximum Gasteiger partial charge on any atom is 0.339 e. The number of ether oxygens (including phenoxy) is 1. The molecule has 4 aromatic rings. The number of Topliss-reactive ketones (excluding diaryl/α,β-unsaturated/α-hetero) is 1. The molecule has 152 valence electrons. The van der Waals surface area contributed by atoms with E-state index in [-0.39, 0.29) is 16.8 Å². The van der Waals surface area contributed by atoms with E-state index in [0.29, 0.717) is 22.3 Å². The number of ketones is 1. The molecular weight excluding hydrogens is 398 g/mol. The molecule has 0 aliphatic heterocycles. The van der Waals surface area contributed by atoms with Gasteiger partial charge in [-0.1, -0.05) is 24.3 Å². The van der Waals surface area contributed by atoms with Crippen LogP contribution in [0.5, 0.6) is 0 Å². The van der Waals surface area contributed by atoms with Crippen molar-refractivity contribution in [2.75, 3.05) is 6.61 Å². The van der Waals surface area contributed by atoms with Crippen LogP contribution >= 0.6 is 0 Å². The van der Waals surface area contributed by atoms with Crippen molar-refractivity contribution in [1.82, 2.24) is 9.97 Å². The van der Waals surface area contributed by atoms with E-state index in [2.05, 4.69) is 9.97 Å². The highest BCUT2D eigenvalue weighted by molar-refractivity contribution is 6.06. The Morgan fingerprint density at radius 3 is 2.39 bits per heavy atom. The average molecular weight is 413 g/mol. The van der Waals surface area contributed by atoms with Crippen LogP contribution in [0.15, 0.2) is 79.0 Å². The van der Waals surface area contributed by atoms with Crippen LogP contribution in [-0.4, -0.2) is 33.3 Å². The highest BCUT2D eigenvalue weighted by Gasteiger charge is 2.18. The summed E-state index contributed by atoms with van der Waals surface area (Å²) in [7, 11) is 0. The number of nitro benzene ring substituents is 1. The number of carbonyl (C=O) groups excluding carboxylic acids is 2. The normalized spacial score (nSPS) is 10.6. The van der Waals surface area contributed by atoms with Gasteiger partial charge in [0, 0.05) is 29.3 Å². The zero-order valence-corrected chi connectivity index (χ0v) is 16.1. The van der Waals surface area contributed by atoms with Gasteiger partial charge in [-0.3, -0.25) is 19.9 Å². The van der Waals surface area contributed by atoms with E-state index in [9.17, 15) is 19.7 Å². The van der Waals surface area contributed by atoms with Crippen molar-refractivity contribution in [2.45, 2.75) is 0 Å². The van der Waals surface area contributed by atoms with Crippen molar-refractivity contribution in [2.24, 2.45) is 0 Å². The molecule has 2 aromatic heterocycles. The lowest BCUT2D eigenvalue weighted by molar-refractivity contribution is -0.384. The third-order valence-corrected chi connectivity index (χ3v) is 4.60. The smallest absolute Gasteiger partial charge is 0.339 e. The van der Waals surface area contributed by atoms with Crippen LogP contribution in [0.3, 0.4) is 0 Å². The topological polar surface area (TPSA) is 112 Å². The number of rotatable bonds is 6. The number of esters is 1. The largest absolute Gasteiger partial charge is 0.454 e. The first-order valence-electron chi connectivity index (χ1n) is 9.29. The fourth-order valence-corrected chi connectivity index (χ4v) is 3.05. The van der Waals surface area contributed by atoms with Crippen molar-refractivity contribution in [3.05, 3.63) is 100 Å². The van der Waals surface area contributed by atoms with Gasteiger partial charge in [0.2, 0.25) is 0 Å². The Morgan fingerprint density at radius 1 is 0.935 bits per heavy atom. The summed E-state index contributed by atoms with van der Waals surface area (Å²) in [6.45, 7) is -0.494. The van der Waals surface area contributed by atoms with Crippen LogP contribution in [0.25, 0.3) is 22.3 Å². The van der Waals surface area contributed by atoms with Gasteiger partial charge in [0.05, 0.1) is 27.4 Å². The molecule has 8 heteroatoms. The first kappa shape index (κ1) is 19.8. The van der Waals surface area contributed by atoms with Gasteiger partial charge in [-0.05, 0) is 36.4 Å². The standard InChI is InChI=1S/C23H15N3O5/c27-22(15-8-10-16(11-9-15)26(29)30)14-31-23(28)18-13-21(20-7-3-4-12-24-20)25-19-6-2-1-5-17(18)19/h1-13H,14H2. The summed E-state index contributed by atoms with van der Waals surface area (Å²) in [4.78, 5) is 44.2. The third kappa shape index (κ3) is 4.27. The molecule has 0 saturated heterocycles. The minimum absolute atomic E-state index is 0.126. The monoisotopic (exact) mass is 413 g/mol. The number of carbonyl (C=O) groups is 2. The molecule has 0 atom stereocenters. The summed E-state index contributed by atoms with van der Waals surface area (Å²) < 4.78 is 5.25. The van der Waals surface area contributed by atoms with Crippen LogP contribution in [0.2, 0.25) is 0 Å². The van der Waals surface area contributed by atoms with E-state index >= 15 is 0 Å². The summed E-state index contributed by atoms with van der Waals surface area (Å²) in [5.41, 5.74) is 2.06. The van der Waals surface area contributed by atoms with Crippen LogP contribution in [0.1, 0.15) is 20.7 Å². The van der Waals surface area contributed by atoms with Crippen molar-refractivity contribution in [3.8, 4) is 11.4 Å². The summed E-state index contributed by atoms with van der Waals surface area (Å²) >= 11 is 0. The van der Waals surface area contributed by atoms with Crippen LogP contribution < -0.4 is 0 Å². The Labute approximate surface area is 176 Å². The Bertz CT molecular complexity index is 1290. The van der Waals surface area contributed by atoms with Gasteiger partial charge in [0.25, 0.3) is 5.69 Å². The Hall–Kier alpha value is -4.46. The highest BCUT2D eigenvalue weighted by Crippen LogP contribution is 2.24. The van der Waals surface area contributed by atoms with Gasteiger partial charge < -0.3 is 4.74 Å². The third-order valence-electron chi connectivity index (χ3n) is 4.60. The first-order valence-corrected chi connectivity index (χ1v) is 9.29. The second-order valence-electron chi connectivity index (χ2n) is 6.59. The lowest BCUT2D eigenvalue weighted by Crippen LogP contribution is -2.15. The number of aromatic nitrogens is 2. The van der Waals surface area contributed by atoms with E-state index in [1.165, 1.54) is 24.3 Å². The molecule has 0 aliphatic rings. The van der Waals surface area contributed by atoms with Crippen LogP contribution in [0, 0.1) is 10.1 Å². The lowest BCUT2D eigenvalue weighted by atomic mass is 10.1. The molecule has 2 aromatic carbocycles. The van der Waals surface area contributed by atoms with Gasteiger partial charge in [0.1, 0.15) is 0 Å². The summed E-state index contributed by atoms with van der Waals surface area (Å²) in [6, 6.07) is 19.2. The zero-order valence-electron chi connectivity index (χ0n) is 16.1. The van der Waals surface area contributed by atoms with Gasteiger partial charge in [-0.25, -0.2) is 9.78 Å². The molecule has 8 nitrogen and oxygen atoms in total. The van der Waals surface area contributed by atoms with Crippen molar-refractivity contribution in [1.29, 1.82) is 0 Å². The summed E-state index contributed by atoms with van der Waals surface area (Å²) in [5, 5.41) is 11.3. The van der Waals surface area contributed by atoms with Gasteiger partial charge in [0.15, 0.2) is 12.4 Å².